The summed E-state index contributed by atoms with van der Waals surface area (Å²) >= 11 is 0. The largest absolute Gasteiger partial charge is 0.478 e. The summed E-state index contributed by atoms with van der Waals surface area (Å²) in [7, 11) is 0. The second-order valence-corrected chi connectivity index (χ2v) is 5.70. The van der Waals surface area contributed by atoms with Gasteiger partial charge in [-0.3, -0.25) is 4.79 Å². The maximum atomic E-state index is 12.0. The van der Waals surface area contributed by atoms with Crippen LogP contribution in [-0.2, 0) is 4.79 Å². The lowest BCUT2D eigenvalue weighted by molar-refractivity contribution is -0.119. The van der Waals surface area contributed by atoms with Crippen LogP contribution in [-0.4, -0.2) is 29.6 Å². The zero-order valence-electron chi connectivity index (χ0n) is 13.0. The summed E-state index contributed by atoms with van der Waals surface area (Å²) in [4.78, 5) is 24.9. The number of aromatic carboxylic acids is 1. The van der Waals surface area contributed by atoms with E-state index in [1.54, 1.807) is 24.3 Å². The van der Waals surface area contributed by atoms with Crippen molar-refractivity contribution in [3.63, 3.8) is 0 Å². The number of primary amides is 1. The van der Waals surface area contributed by atoms with E-state index in [9.17, 15) is 9.59 Å². The number of anilines is 1. The zero-order valence-corrected chi connectivity index (χ0v) is 13.8. The molecule has 0 spiro atoms. The fraction of sp³-hybridized carbons (Fsp3) is 0.222. The number of benzene rings is 2. The number of rotatable bonds is 4. The monoisotopic (exact) mass is 346 g/mol. The number of nitrogens with two attached hydrogens (primary N) is 1. The van der Waals surface area contributed by atoms with Gasteiger partial charge in [-0.05, 0) is 36.2 Å². The second kappa shape index (κ2) is 7.36. The Morgan fingerprint density at radius 2 is 1.67 bits per heavy atom. The number of halogens is 1. The van der Waals surface area contributed by atoms with Crippen molar-refractivity contribution in [3.05, 3.63) is 65.7 Å². The third-order valence-electron chi connectivity index (χ3n) is 4.36. The normalized spacial score (nSPS) is 19.6. The van der Waals surface area contributed by atoms with Gasteiger partial charge in [-0.15, -0.1) is 12.4 Å². The molecule has 0 bridgehead atoms. The first kappa shape index (κ1) is 17.8. The van der Waals surface area contributed by atoms with Gasteiger partial charge in [-0.2, -0.15) is 0 Å². The average molecular weight is 347 g/mol. The van der Waals surface area contributed by atoms with Gasteiger partial charge in [-0.1, -0.05) is 30.3 Å². The lowest BCUT2D eigenvalue weighted by atomic mass is 9.91. The standard InChI is InChI=1S/C18H18N2O3.ClH/c19-17(21)16-15(12-4-2-1-3-5-12)10-11-20(16)14-8-6-13(7-9-14)18(22)23;/h1-9,15-16H,10-11H2,(H2,19,21)(H,22,23);1H/t15-,16+;/m1./s1. The lowest BCUT2D eigenvalue weighted by Gasteiger charge is -2.27. The molecular weight excluding hydrogens is 328 g/mol. The first-order valence-corrected chi connectivity index (χ1v) is 7.52. The van der Waals surface area contributed by atoms with E-state index in [4.69, 9.17) is 10.8 Å². The molecule has 5 nitrogen and oxygen atoms in total. The summed E-state index contributed by atoms with van der Waals surface area (Å²) < 4.78 is 0. The van der Waals surface area contributed by atoms with Crippen LogP contribution in [0.5, 0.6) is 0 Å². The number of amides is 1. The van der Waals surface area contributed by atoms with Crippen LogP contribution in [0.15, 0.2) is 54.6 Å². The first-order valence-electron chi connectivity index (χ1n) is 7.52. The van der Waals surface area contributed by atoms with E-state index in [2.05, 4.69) is 0 Å². The predicted octanol–water partition coefficient (Wildman–Crippen LogP) is 2.65. The Balaban J connectivity index is 0.00000208. The van der Waals surface area contributed by atoms with Crippen LogP contribution < -0.4 is 10.6 Å². The van der Waals surface area contributed by atoms with E-state index < -0.39 is 12.0 Å². The van der Waals surface area contributed by atoms with Gasteiger partial charge in [0, 0.05) is 18.2 Å². The maximum absolute atomic E-state index is 12.0. The molecule has 2 atom stereocenters. The van der Waals surface area contributed by atoms with E-state index in [-0.39, 0.29) is 29.8 Å². The fourth-order valence-electron chi connectivity index (χ4n) is 3.28. The highest BCUT2D eigenvalue weighted by Gasteiger charge is 2.39. The average Bonchev–Trinajstić information content (AvgIpc) is 3.01. The van der Waals surface area contributed by atoms with Gasteiger partial charge in [0.05, 0.1) is 5.56 Å². The Labute approximate surface area is 146 Å². The molecule has 3 rings (SSSR count). The van der Waals surface area contributed by atoms with Crippen molar-refractivity contribution in [2.45, 2.75) is 18.4 Å². The minimum atomic E-state index is -0.966. The van der Waals surface area contributed by atoms with E-state index in [0.29, 0.717) is 6.54 Å². The summed E-state index contributed by atoms with van der Waals surface area (Å²) in [5.74, 6) is -1.28. The lowest BCUT2D eigenvalue weighted by Crippen LogP contribution is -2.43. The van der Waals surface area contributed by atoms with Gasteiger partial charge in [0.25, 0.3) is 0 Å². The Morgan fingerprint density at radius 3 is 2.21 bits per heavy atom. The van der Waals surface area contributed by atoms with Crippen LogP contribution in [0.3, 0.4) is 0 Å². The maximum Gasteiger partial charge on any atom is 0.335 e. The predicted molar refractivity (Wildman–Crippen MR) is 94.8 cm³/mol. The van der Waals surface area contributed by atoms with Gasteiger partial charge in [0.15, 0.2) is 0 Å². The molecule has 1 heterocycles. The summed E-state index contributed by atoms with van der Waals surface area (Å²) in [6, 6.07) is 16.0. The second-order valence-electron chi connectivity index (χ2n) is 5.70. The number of carbonyl (C=O) groups is 2. The van der Waals surface area contributed by atoms with Gasteiger partial charge in [-0.25, -0.2) is 4.79 Å². The molecule has 0 radical (unpaired) electrons. The number of carboxylic acid groups (broad SMARTS) is 1. The highest BCUT2D eigenvalue weighted by atomic mass is 35.5. The smallest absolute Gasteiger partial charge is 0.335 e. The molecule has 6 heteroatoms. The van der Waals surface area contributed by atoms with Crippen LogP contribution >= 0.6 is 12.4 Å². The number of carboxylic acids is 1. The SMILES string of the molecule is Cl.NC(=O)[C@@H]1[C@@H](c2ccccc2)CCN1c1ccc(C(=O)O)cc1. The van der Waals surface area contributed by atoms with Gasteiger partial charge >= 0.3 is 5.97 Å². The summed E-state index contributed by atoms with van der Waals surface area (Å²) in [5.41, 5.74) is 7.80. The van der Waals surface area contributed by atoms with Crippen LogP contribution in [0.25, 0.3) is 0 Å². The Morgan fingerprint density at radius 1 is 1.04 bits per heavy atom. The zero-order chi connectivity index (χ0) is 16.4. The topological polar surface area (TPSA) is 83.6 Å². The molecule has 1 amide bonds. The van der Waals surface area contributed by atoms with E-state index >= 15 is 0 Å². The molecule has 0 saturated carbocycles. The highest BCUT2D eigenvalue weighted by Crippen LogP contribution is 2.36. The van der Waals surface area contributed by atoms with Gasteiger partial charge < -0.3 is 15.7 Å². The van der Waals surface area contributed by atoms with Gasteiger partial charge in [0.2, 0.25) is 5.91 Å². The van der Waals surface area contributed by atoms with Crippen LogP contribution in [0.1, 0.15) is 28.3 Å². The number of hydrogen-bond acceptors (Lipinski definition) is 3. The van der Waals surface area contributed by atoms with Crippen LogP contribution in [0, 0.1) is 0 Å². The summed E-state index contributed by atoms with van der Waals surface area (Å²) in [6.07, 6.45) is 0.832. The molecule has 2 aromatic carbocycles. The number of carbonyl (C=O) groups excluding carboxylic acids is 1. The quantitative estimate of drug-likeness (QED) is 0.891. The molecule has 1 saturated heterocycles. The third-order valence-corrected chi connectivity index (χ3v) is 4.36. The first-order chi connectivity index (χ1) is 11.1. The molecule has 1 aliphatic heterocycles. The van der Waals surface area contributed by atoms with E-state index in [1.807, 2.05) is 35.2 Å². The molecule has 3 N–H and O–H groups in total. The molecule has 24 heavy (non-hydrogen) atoms. The summed E-state index contributed by atoms with van der Waals surface area (Å²) in [5, 5.41) is 8.98. The van der Waals surface area contributed by atoms with Crippen LogP contribution in [0.2, 0.25) is 0 Å². The molecule has 126 valence electrons. The van der Waals surface area contributed by atoms with Crippen molar-refractivity contribution in [2.75, 3.05) is 11.4 Å². The number of nitrogens with zero attached hydrogens (tertiary/aromatic N) is 1. The van der Waals surface area contributed by atoms with Crippen molar-refractivity contribution in [2.24, 2.45) is 5.73 Å². The minimum absolute atomic E-state index is 0. The van der Waals surface area contributed by atoms with Crippen LogP contribution in [0.4, 0.5) is 5.69 Å². The molecule has 1 aliphatic rings. The minimum Gasteiger partial charge on any atom is -0.478 e. The highest BCUT2D eigenvalue weighted by molar-refractivity contribution is 5.89. The Bertz CT molecular complexity index is 719. The van der Waals surface area contributed by atoms with Crippen molar-refractivity contribution in [3.8, 4) is 0 Å². The Kier molecular flexibility index (Phi) is 5.46. The third kappa shape index (κ3) is 3.36. The summed E-state index contributed by atoms with van der Waals surface area (Å²) in [6.45, 7) is 0.708. The number of hydrogen-bond donors (Lipinski definition) is 2. The van der Waals surface area contributed by atoms with E-state index in [1.165, 1.54) is 0 Å². The molecule has 0 aliphatic carbocycles. The molecule has 0 unspecified atom stereocenters. The molecular formula is C18H19ClN2O3. The van der Waals surface area contributed by atoms with Gasteiger partial charge in [0.1, 0.15) is 6.04 Å². The van der Waals surface area contributed by atoms with Crippen molar-refractivity contribution in [1.29, 1.82) is 0 Å². The molecule has 2 aromatic rings. The molecule has 0 aromatic heterocycles. The van der Waals surface area contributed by atoms with Crippen molar-refractivity contribution < 1.29 is 14.7 Å². The van der Waals surface area contributed by atoms with Crippen molar-refractivity contribution >= 4 is 30.0 Å². The van der Waals surface area contributed by atoms with E-state index in [0.717, 1.165) is 17.7 Å². The Hall–Kier alpha value is -2.53. The molecule has 1 fully saturated rings. The van der Waals surface area contributed by atoms with Crippen molar-refractivity contribution in [1.82, 2.24) is 0 Å². The fourth-order valence-corrected chi connectivity index (χ4v) is 3.28.